The number of ketones is 1. The van der Waals surface area contributed by atoms with Crippen molar-refractivity contribution in [1.82, 2.24) is 4.98 Å². The van der Waals surface area contributed by atoms with Crippen molar-refractivity contribution in [2.75, 3.05) is 0 Å². The van der Waals surface area contributed by atoms with Crippen LogP contribution in [0.3, 0.4) is 0 Å². The highest BCUT2D eigenvalue weighted by Gasteiger charge is 2.45. The monoisotopic (exact) mass is 416 g/mol. The lowest BCUT2D eigenvalue weighted by molar-refractivity contribution is -0.151. The van der Waals surface area contributed by atoms with Gasteiger partial charge >= 0.3 is 5.97 Å². The molecule has 4 rings (SSSR count). The molecule has 2 aliphatic rings. The van der Waals surface area contributed by atoms with Crippen molar-refractivity contribution < 1.29 is 14.3 Å². The van der Waals surface area contributed by atoms with Crippen molar-refractivity contribution in [3.05, 3.63) is 77.3 Å². The molecule has 2 aromatic rings. The van der Waals surface area contributed by atoms with Gasteiger partial charge in [-0.2, -0.15) is 0 Å². The van der Waals surface area contributed by atoms with E-state index in [1.54, 1.807) is 12.4 Å². The van der Waals surface area contributed by atoms with E-state index in [-0.39, 0.29) is 23.8 Å². The van der Waals surface area contributed by atoms with E-state index in [0.29, 0.717) is 24.1 Å². The van der Waals surface area contributed by atoms with Gasteiger partial charge in [0, 0.05) is 41.7 Å². The first-order valence-corrected chi connectivity index (χ1v) is 11.0. The Morgan fingerprint density at radius 3 is 2.55 bits per heavy atom. The minimum absolute atomic E-state index is 0.0570. The molecule has 0 N–H and O–H groups in total. The van der Waals surface area contributed by atoms with E-state index in [2.05, 4.69) is 17.1 Å². The average molecular weight is 417 g/mol. The first-order valence-electron chi connectivity index (χ1n) is 11.0. The van der Waals surface area contributed by atoms with Gasteiger partial charge in [0.15, 0.2) is 5.78 Å². The largest absolute Gasteiger partial charge is 0.462 e. The van der Waals surface area contributed by atoms with Crippen molar-refractivity contribution in [3.8, 4) is 0 Å². The Hall–Kier alpha value is -3.08. The molecule has 1 aliphatic heterocycles. The van der Waals surface area contributed by atoms with E-state index in [9.17, 15) is 9.59 Å². The second-order valence-electron chi connectivity index (χ2n) is 8.45. The van der Waals surface area contributed by atoms with Gasteiger partial charge < -0.3 is 4.74 Å². The maximum atomic E-state index is 13.4. The number of nitrogens with zero attached hydrogens (tertiary/aromatic N) is 2. The molecule has 0 amide bonds. The van der Waals surface area contributed by atoms with E-state index < -0.39 is 11.8 Å². The summed E-state index contributed by atoms with van der Waals surface area (Å²) in [4.78, 5) is 35.7. The zero-order chi connectivity index (χ0) is 22.0. The molecule has 0 fully saturated rings. The number of hydrogen-bond acceptors (Lipinski definition) is 5. The van der Waals surface area contributed by atoms with Crippen molar-refractivity contribution >= 4 is 17.5 Å². The highest BCUT2D eigenvalue weighted by atomic mass is 16.5. The van der Waals surface area contributed by atoms with E-state index in [1.807, 2.05) is 51.1 Å². The van der Waals surface area contributed by atoms with Gasteiger partial charge in [0.05, 0.1) is 6.10 Å². The van der Waals surface area contributed by atoms with Crippen molar-refractivity contribution in [2.24, 2.45) is 10.9 Å². The average Bonchev–Trinajstić information content (AvgIpc) is 2.79. The minimum Gasteiger partial charge on any atom is -0.462 e. The Morgan fingerprint density at radius 1 is 1.13 bits per heavy atom. The summed E-state index contributed by atoms with van der Waals surface area (Å²) >= 11 is 0. The number of allylic oxidation sites excluding steroid dienone is 2. The Kier molecular flexibility index (Phi) is 6.12. The Bertz CT molecular complexity index is 1030. The van der Waals surface area contributed by atoms with Crippen LogP contribution in [-0.2, 0) is 14.3 Å². The maximum absolute atomic E-state index is 13.4. The Balaban J connectivity index is 1.76. The highest BCUT2D eigenvalue weighted by molar-refractivity contribution is 6.09. The molecular formula is C26H28N2O3. The van der Waals surface area contributed by atoms with Crippen LogP contribution in [0.2, 0.25) is 0 Å². The third kappa shape index (κ3) is 4.22. The van der Waals surface area contributed by atoms with Gasteiger partial charge in [-0.3, -0.25) is 19.6 Å². The number of aromatic nitrogens is 1. The van der Waals surface area contributed by atoms with Gasteiger partial charge in [0.1, 0.15) is 5.92 Å². The first kappa shape index (κ1) is 21.2. The fraction of sp³-hybridized carbons (Fsp3) is 0.385. The summed E-state index contributed by atoms with van der Waals surface area (Å²) in [6, 6.07) is 13.9. The maximum Gasteiger partial charge on any atom is 0.315 e. The number of esters is 1. The summed E-state index contributed by atoms with van der Waals surface area (Å²) in [7, 11) is 0. The fourth-order valence-corrected chi connectivity index (χ4v) is 4.60. The zero-order valence-electron chi connectivity index (χ0n) is 18.2. The van der Waals surface area contributed by atoms with Gasteiger partial charge in [-0.05, 0) is 49.8 Å². The molecule has 160 valence electrons. The lowest BCUT2D eigenvalue weighted by atomic mass is 9.69. The van der Waals surface area contributed by atoms with Crippen LogP contribution in [-0.4, -0.2) is 28.6 Å². The standard InChI is InChI=1S/C26H28N2O3/c1-4-16(2)31-26(30)23-17(3)28-21-13-20(18-9-6-5-7-10-18)14-22(29)25(21)24(23)19-11-8-12-27-15-19/h5-12,15-16,20,23-24H,4,13-14H2,1-3H3/t16-,20+,23?,24-/m0/s1. The summed E-state index contributed by atoms with van der Waals surface area (Å²) in [6.45, 7) is 5.73. The number of carbonyl (C=O) groups is 2. The summed E-state index contributed by atoms with van der Waals surface area (Å²) in [6.07, 6.45) is 5.09. The Labute approximate surface area is 183 Å². The second kappa shape index (κ2) is 8.96. The molecule has 0 saturated carbocycles. The summed E-state index contributed by atoms with van der Waals surface area (Å²) in [5.74, 6) is -1.20. The van der Waals surface area contributed by atoms with Crippen LogP contribution < -0.4 is 0 Å². The molecule has 1 aromatic carbocycles. The predicted octanol–water partition coefficient (Wildman–Crippen LogP) is 5.00. The van der Waals surface area contributed by atoms with Gasteiger partial charge in [0.2, 0.25) is 0 Å². The van der Waals surface area contributed by atoms with Crippen LogP contribution in [0.25, 0.3) is 0 Å². The quantitative estimate of drug-likeness (QED) is 0.644. The molecule has 1 unspecified atom stereocenters. The molecule has 0 saturated heterocycles. The number of hydrogen-bond donors (Lipinski definition) is 0. The normalized spacial score (nSPS) is 24.3. The molecule has 4 atom stereocenters. The van der Waals surface area contributed by atoms with Crippen LogP contribution in [0.1, 0.15) is 63.0 Å². The number of ether oxygens (including phenoxy) is 1. The number of benzene rings is 1. The fourth-order valence-electron chi connectivity index (χ4n) is 4.60. The summed E-state index contributed by atoms with van der Waals surface area (Å²) in [5.41, 5.74) is 4.14. The van der Waals surface area contributed by atoms with E-state index in [4.69, 9.17) is 9.73 Å². The van der Waals surface area contributed by atoms with Gasteiger partial charge in [-0.25, -0.2) is 0 Å². The molecule has 5 nitrogen and oxygen atoms in total. The number of aliphatic imine (C=N–C) groups is 1. The molecule has 0 radical (unpaired) electrons. The van der Waals surface area contributed by atoms with Gasteiger partial charge in [0.25, 0.3) is 0 Å². The highest BCUT2D eigenvalue weighted by Crippen LogP contribution is 2.46. The zero-order valence-corrected chi connectivity index (χ0v) is 18.2. The van der Waals surface area contributed by atoms with Crippen LogP contribution >= 0.6 is 0 Å². The van der Waals surface area contributed by atoms with Crippen molar-refractivity contribution in [2.45, 2.75) is 58.0 Å². The van der Waals surface area contributed by atoms with Gasteiger partial charge in [-0.15, -0.1) is 0 Å². The molecule has 0 spiro atoms. The molecule has 0 bridgehead atoms. The minimum atomic E-state index is -0.617. The van der Waals surface area contributed by atoms with Crippen LogP contribution in [0.5, 0.6) is 0 Å². The van der Waals surface area contributed by atoms with Crippen LogP contribution in [0.4, 0.5) is 0 Å². The summed E-state index contributed by atoms with van der Waals surface area (Å²) in [5, 5.41) is 0. The van der Waals surface area contributed by atoms with Crippen LogP contribution in [0.15, 0.2) is 71.1 Å². The number of carbonyl (C=O) groups excluding carboxylic acids is 2. The van der Waals surface area contributed by atoms with Gasteiger partial charge in [-0.1, -0.05) is 43.3 Å². The summed E-state index contributed by atoms with van der Waals surface area (Å²) < 4.78 is 5.69. The molecular weight excluding hydrogens is 388 g/mol. The molecule has 1 aliphatic carbocycles. The number of rotatable bonds is 5. The molecule has 5 heteroatoms. The third-order valence-electron chi connectivity index (χ3n) is 6.35. The van der Waals surface area contributed by atoms with Crippen LogP contribution in [0, 0.1) is 5.92 Å². The van der Waals surface area contributed by atoms with Crippen molar-refractivity contribution in [3.63, 3.8) is 0 Å². The topological polar surface area (TPSA) is 68.6 Å². The number of pyridine rings is 1. The predicted molar refractivity (Wildman–Crippen MR) is 120 cm³/mol. The molecule has 31 heavy (non-hydrogen) atoms. The third-order valence-corrected chi connectivity index (χ3v) is 6.35. The molecule has 2 heterocycles. The molecule has 1 aromatic heterocycles. The van der Waals surface area contributed by atoms with E-state index in [0.717, 1.165) is 23.2 Å². The second-order valence-corrected chi connectivity index (χ2v) is 8.45. The van der Waals surface area contributed by atoms with Crippen molar-refractivity contribution in [1.29, 1.82) is 0 Å². The van der Waals surface area contributed by atoms with E-state index in [1.165, 1.54) is 0 Å². The Morgan fingerprint density at radius 2 is 1.87 bits per heavy atom. The lowest BCUT2D eigenvalue weighted by Crippen LogP contribution is -2.39. The SMILES string of the molecule is CC[C@H](C)OC(=O)C1C(C)=NC2=C(C(=O)C[C@H](c3ccccc3)C2)[C@H]1c1cccnc1. The number of Topliss-reactive ketones (excluding diaryl/α,β-unsaturated/α-hetero) is 1. The van der Waals surface area contributed by atoms with E-state index >= 15 is 0 Å². The lowest BCUT2D eigenvalue weighted by Gasteiger charge is -2.36. The smallest absolute Gasteiger partial charge is 0.315 e. The first-order chi connectivity index (χ1) is 15.0.